The van der Waals surface area contributed by atoms with E-state index in [1.54, 1.807) is 35.8 Å². The van der Waals surface area contributed by atoms with Crippen molar-refractivity contribution in [1.29, 1.82) is 0 Å². The minimum atomic E-state index is -3.67. The fourth-order valence-corrected chi connectivity index (χ4v) is 7.47. The van der Waals surface area contributed by atoms with Crippen molar-refractivity contribution in [2.45, 2.75) is 13.8 Å². The van der Waals surface area contributed by atoms with Crippen LogP contribution in [-0.2, 0) is 13.8 Å². The van der Waals surface area contributed by atoms with Crippen LogP contribution in [0.5, 0.6) is 0 Å². The lowest BCUT2D eigenvalue weighted by atomic mass is 10.1. The summed E-state index contributed by atoms with van der Waals surface area (Å²) in [5.41, 5.74) is 4.64. The number of anilines is 1. The fraction of sp³-hybridized carbons (Fsp3) is 0.148. The van der Waals surface area contributed by atoms with E-state index in [9.17, 15) is 9.36 Å². The highest BCUT2D eigenvalue weighted by atomic mass is 35.5. The van der Waals surface area contributed by atoms with Gasteiger partial charge in [0.05, 0.1) is 35.4 Å². The molecule has 194 valence electrons. The second-order valence-electron chi connectivity index (χ2n) is 8.41. The summed E-state index contributed by atoms with van der Waals surface area (Å²) >= 11 is 7.68. The summed E-state index contributed by atoms with van der Waals surface area (Å²) in [7, 11) is -2.36. The topological polar surface area (TPSA) is 94.8 Å². The van der Waals surface area contributed by atoms with E-state index in [2.05, 4.69) is 15.2 Å². The average molecular weight is 567 g/mol. The van der Waals surface area contributed by atoms with Gasteiger partial charge in [-0.25, -0.2) is 14.3 Å². The number of ether oxygens (including phenoxy) is 1. The van der Waals surface area contributed by atoms with Gasteiger partial charge in [0.2, 0.25) is 0 Å². The Kier molecular flexibility index (Phi) is 7.36. The highest BCUT2D eigenvalue weighted by molar-refractivity contribution is 7.68. The quantitative estimate of drug-likeness (QED) is 0.162. The molecule has 2 aromatic carbocycles. The van der Waals surface area contributed by atoms with Crippen molar-refractivity contribution in [2.24, 2.45) is 0 Å². The number of carbonyl (C=O) groups excluding carboxylic acids is 1. The molecule has 0 aliphatic rings. The third-order valence-electron chi connectivity index (χ3n) is 5.80. The SMILES string of the molecule is CCOP(=O)(Nc1cc(-c2ccc(-c3cc4ncccn4n3)cc2)sc1C(=O)OC)c1ccc(C)cc1Cl. The van der Waals surface area contributed by atoms with E-state index in [-0.39, 0.29) is 11.5 Å². The van der Waals surface area contributed by atoms with Crippen LogP contribution >= 0.6 is 30.5 Å². The van der Waals surface area contributed by atoms with Crippen molar-refractivity contribution in [2.75, 3.05) is 18.8 Å². The first-order valence-electron chi connectivity index (χ1n) is 11.7. The maximum absolute atomic E-state index is 14.0. The van der Waals surface area contributed by atoms with Crippen LogP contribution < -0.4 is 10.4 Å². The molecule has 11 heteroatoms. The molecule has 38 heavy (non-hydrogen) atoms. The van der Waals surface area contributed by atoms with E-state index >= 15 is 0 Å². The van der Waals surface area contributed by atoms with E-state index in [0.29, 0.717) is 16.0 Å². The normalized spacial score (nSPS) is 12.8. The summed E-state index contributed by atoms with van der Waals surface area (Å²) in [5.74, 6) is -0.546. The second kappa shape index (κ2) is 10.7. The Morgan fingerprint density at radius 3 is 2.58 bits per heavy atom. The molecule has 5 rings (SSSR count). The van der Waals surface area contributed by atoms with Crippen LogP contribution in [0.25, 0.3) is 27.3 Å². The number of nitrogens with one attached hydrogen (secondary N) is 1. The van der Waals surface area contributed by atoms with Gasteiger partial charge < -0.3 is 14.3 Å². The van der Waals surface area contributed by atoms with Gasteiger partial charge in [0.25, 0.3) is 0 Å². The minimum absolute atomic E-state index is 0.180. The molecular formula is C27H24ClN4O4PS. The fourth-order valence-electron chi connectivity index (χ4n) is 3.99. The molecule has 0 fully saturated rings. The van der Waals surface area contributed by atoms with Crippen molar-refractivity contribution in [3.8, 4) is 21.7 Å². The predicted octanol–water partition coefficient (Wildman–Crippen LogP) is 6.84. The van der Waals surface area contributed by atoms with Gasteiger partial charge >= 0.3 is 13.5 Å². The van der Waals surface area contributed by atoms with Crippen LogP contribution in [-0.4, -0.2) is 34.3 Å². The van der Waals surface area contributed by atoms with Gasteiger partial charge in [-0.15, -0.1) is 11.3 Å². The molecule has 5 aromatic rings. The monoisotopic (exact) mass is 566 g/mol. The van der Waals surface area contributed by atoms with Crippen molar-refractivity contribution in [3.05, 3.63) is 88.5 Å². The van der Waals surface area contributed by atoms with Gasteiger partial charge in [-0.05, 0) is 49.2 Å². The van der Waals surface area contributed by atoms with E-state index in [0.717, 1.165) is 32.9 Å². The van der Waals surface area contributed by atoms with Crippen LogP contribution in [0.3, 0.4) is 0 Å². The number of hydrogen-bond donors (Lipinski definition) is 1. The maximum atomic E-state index is 14.0. The van der Waals surface area contributed by atoms with Crippen LogP contribution in [0.2, 0.25) is 5.02 Å². The first-order chi connectivity index (χ1) is 18.3. The highest BCUT2D eigenvalue weighted by Gasteiger charge is 2.31. The van der Waals surface area contributed by atoms with Crippen LogP contribution in [0.1, 0.15) is 22.2 Å². The molecule has 0 saturated carbocycles. The molecule has 1 atom stereocenters. The third kappa shape index (κ3) is 5.11. The Morgan fingerprint density at radius 2 is 1.89 bits per heavy atom. The van der Waals surface area contributed by atoms with Crippen molar-refractivity contribution < 1.29 is 18.6 Å². The number of halogens is 1. The van der Waals surface area contributed by atoms with Crippen LogP contribution in [0.4, 0.5) is 5.69 Å². The van der Waals surface area contributed by atoms with Crippen LogP contribution in [0.15, 0.2) is 73.1 Å². The lowest BCUT2D eigenvalue weighted by Crippen LogP contribution is -2.16. The number of methoxy groups -OCH3 is 1. The maximum Gasteiger partial charge on any atom is 0.350 e. The number of esters is 1. The number of carbonyl (C=O) groups is 1. The van der Waals surface area contributed by atoms with E-state index in [4.69, 9.17) is 20.9 Å². The first-order valence-corrected chi connectivity index (χ1v) is 14.6. The van der Waals surface area contributed by atoms with Gasteiger partial charge in [-0.2, -0.15) is 5.10 Å². The summed E-state index contributed by atoms with van der Waals surface area (Å²) in [6.45, 7) is 3.82. The Labute approximate surface area is 228 Å². The Morgan fingerprint density at radius 1 is 1.13 bits per heavy atom. The van der Waals surface area contributed by atoms with E-state index in [1.807, 2.05) is 55.6 Å². The summed E-state index contributed by atoms with van der Waals surface area (Å²) in [4.78, 5) is 18.0. The first kappa shape index (κ1) is 26.1. The number of fused-ring (bicyclic) bond motifs is 1. The summed E-state index contributed by atoms with van der Waals surface area (Å²) in [6.07, 6.45) is 3.57. The molecular weight excluding hydrogens is 543 g/mol. The number of benzene rings is 2. The standard InChI is InChI=1S/C27H24ClN4O4PS/c1-4-36-37(34,23-11-6-17(2)14-20(23)28)31-22-15-24(38-26(22)27(33)35-3)19-9-7-18(8-10-19)21-16-25-29-12-5-13-32(25)30-21/h5-16H,4H2,1-3H3,(H,31,34). The summed E-state index contributed by atoms with van der Waals surface area (Å²) in [5, 5.41) is 8.22. The molecule has 0 aliphatic carbocycles. The number of aryl methyl sites for hydroxylation is 1. The van der Waals surface area contributed by atoms with Crippen molar-refractivity contribution >= 4 is 53.1 Å². The largest absolute Gasteiger partial charge is 0.465 e. The molecule has 3 aromatic heterocycles. The van der Waals surface area contributed by atoms with Crippen molar-refractivity contribution in [3.63, 3.8) is 0 Å². The van der Waals surface area contributed by atoms with Gasteiger partial charge in [0.15, 0.2) is 5.65 Å². The highest BCUT2D eigenvalue weighted by Crippen LogP contribution is 2.50. The number of hydrogen-bond acceptors (Lipinski definition) is 7. The number of thiophene rings is 1. The summed E-state index contributed by atoms with van der Waals surface area (Å²) < 4.78 is 26.5. The zero-order chi connectivity index (χ0) is 26.9. The lowest BCUT2D eigenvalue weighted by molar-refractivity contribution is 0.0607. The average Bonchev–Trinajstić information content (AvgIpc) is 3.53. The lowest BCUT2D eigenvalue weighted by Gasteiger charge is -2.21. The predicted molar refractivity (Wildman–Crippen MR) is 152 cm³/mol. The van der Waals surface area contributed by atoms with Crippen molar-refractivity contribution in [1.82, 2.24) is 14.6 Å². The molecule has 0 aliphatic heterocycles. The van der Waals surface area contributed by atoms with Gasteiger partial charge in [0, 0.05) is 28.9 Å². The Bertz CT molecular complexity index is 1650. The second-order valence-corrected chi connectivity index (χ2v) is 11.9. The number of nitrogens with zero attached hydrogens (tertiary/aromatic N) is 3. The zero-order valence-electron chi connectivity index (χ0n) is 20.8. The minimum Gasteiger partial charge on any atom is -0.465 e. The van der Waals surface area contributed by atoms with Gasteiger partial charge in [-0.3, -0.25) is 4.57 Å². The molecule has 1 N–H and O–H groups in total. The molecule has 0 amide bonds. The zero-order valence-corrected chi connectivity index (χ0v) is 23.3. The van der Waals surface area contributed by atoms with E-state index < -0.39 is 13.5 Å². The number of rotatable bonds is 8. The molecule has 0 radical (unpaired) electrons. The molecule has 0 spiro atoms. The van der Waals surface area contributed by atoms with Gasteiger partial charge in [-0.1, -0.05) is 41.9 Å². The smallest absolute Gasteiger partial charge is 0.350 e. The molecule has 0 bridgehead atoms. The molecule has 3 heterocycles. The van der Waals surface area contributed by atoms with Crippen LogP contribution in [0, 0.1) is 6.92 Å². The van der Waals surface area contributed by atoms with Gasteiger partial charge in [0.1, 0.15) is 4.88 Å². The third-order valence-corrected chi connectivity index (χ3v) is 9.59. The molecule has 0 saturated heterocycles. The molecule has 1 unspecified atom stereocenters. The Balaban J connectivity index is 1.50. The number of aromatic nitrogens is 3. The molecule has 8 nitrogen and oxygen atoms in total. The Hall–Kier alpha value is -3.49. The van der Waals surface area contributed by atoms with E-state index in [1.165, 1.54) is 18.4 Å². The summed E-state index contributed by atoms with van der Waals surface area (Å²) in [6, 6.07) is 18.5.